The number of rotatable bonds is 0. The molecule has 1 aromatic rings. The van der Waals surface area contributed by atoms with E-state index in [0.717, 1.165) is 10.3 Å². The van der Waals surface area contributed by atoms with Crippen molar-refractivity contribution >= 4 is 12.2 Å². The van der Waals surface area contributed by atoms with Crippen molar-refractivity contribution in [2.75, 3.05) is 0 Å². The summed E-state index contributed by atoms with van der Waals surface area (Å²) in [4.78, 5) is 0. The summed E-state index contributed by atoms with van der Waals surface area (Å²) in [5, 5.41) is 5.60. The van der Waals surface area contributed by atoms with Crippen molar-refractivity contribution in [3.8, 4) is 0 Å². The molecule has 2 nitrogen and oxygen atoms in total. The lowest BCUT2D eigenvalue weighted by atomic mass is 10.5. The van der Waals surface area contributed by atoms with Gasteiger partial charge in [0.1, 0.15) is 4.64 Å². The highest BCUT2D eigenvalue weighted by atomic mass is 32.1. The molecule has 0 aliphatic heterocycles. The van der Waals surface area contributed by atoms with E-state index < -0.39 is 0 Å². The lowest BCUT2D eigenvalue weighted by molar-refractivity contribution is 1.04. The second-order valence-corrected chi connectivity index (χ2v) is 1.88. The van der Waals surface area contributed by atoms with Gasteiger partial charge in [0.25, 0.3) is 0 Å². The lowest BCUT2D eigenvalue weighted by Gasteiger charge is -1.69. The van der Waals surface area contributed by atoms with Gasteiger partial charge in [0.2, 0.25) is 0 Å². The van der Waals surface area contributed by atoms with Crippen molar-refractivity contribution in [1.82, 2.24) is 10.2 Å². The van der Waals surface area contributed by atoms with Crippen LogP contribution in [0.1, 0.15) is 5.69 Å². The van der Waals surface area contributed by atoms with Gasteiger partial charge in [0, 0.05) is 5.69 Å². The molecule has 0 unspecified atom stereocenters. The van der Waals surface area contributed by atoms with Crippen molar-refractivity contribution in [2.45, 2.75) is 6.92 Å². The van der Waals surface area contributed by atoms with Gasteiger partial charge >= 0.3 is 0 Å². The fraction of sp³-hybridized carbons (Fsp3) is 0.250. The van der Waals surface area contributed by atoms with E-state index in [9.17, 15) is 0 Å². The van der Waals surface area contributed by atoms with Crippen LogP contribution in [0, 0.1) is 11.6 Å². The van der Waals surface area contributed by atoms with Crippen molar-refractivity contribution < 1.29 is 0 Å². The zero-order valence-electron chi connectivity index (χ0n) is 3.99. The van der Waals surface area contributed by atoms with E-state index in [-0.39, 0.29) is 0 Å². The van der Waals surface area contributed by atoms with Crippen LogP contribution in [-0.2, 0) is 0 Å². The van der Waals surface area contributed by atoms with Crippen molar-refractivity contribution in [3.63, 3.8) is 0 Å². The van der Waals surface area contributed by atoms with Crippen molar-refractivity contribution in [1.29, 1.82) is 0 Å². The van der Waals surface area contributed by atoms with Crippen LogP contribution >= 0.6 is 12.2 Å². The summed E-state index contributed by atoms with van der Waals surface area (Å²) in [6, 6.07) is 1.87. The number of aryl methyl sites for hydroxylation is 1. The summed E-state index contributed by atoms with van der Waals surface area (Å²) in [5.74, 6) is 0. The number of aromatic amines is 2. The summed E-state index contributed by atoms with van der Waals surface area (Å²) >= 11 is 4.75. The Morgan fingerprint density at radius 2 is 2.29 bits per heavy atom. The topological polar surface area (TPSA) is 31.6 Å². The maximum Gasteiger partial charge on any atom is 0.119 e. The predicted octanol–water partition coefficient (Wildman–Crippen LogP) is 1.38. The molecule has 38 valence electrons. The van der Waals surface area contributed by atoms with Gasteiger partial charge in [-0.1, -0.05) is 12.2 Å². The fourth-order valence-corrected chi connectivity index (χ4v) is 0.657. The molecule has 0 spiro atoms. The molecule has 0 amide bonds. The largest absolute Gasteiger partial charge is 0.304 e. The van der Waals surface area contributed by atoms with Crippen LogP contribution in [0.15, 0.2) is 6.07 Å². The molecule has 0 saturated carbocycles. The van der Waals surface area contributed by atoms with Gasteiger partial charge in [0.05, 0.1) is 0 Å². The van der Waals surface area contributed by atoms with Crippen LogP contribution in [0.3, 0.4) is 0 Å². The third kappa shape index (κ3) is 0.899. The fourth-order valence-electron chi connectivity index (χ4n) is 0.429. The predicted molar refractivity (Wildman–Crippen MR) is 30.7 cm³/mol. The maximum absolute atomic E-state index is 4.75. The zero-order chi connectivity index (χ0) is 5.28. The van der Waals surface area contributed by atoms with Gasteiger partial charge in [-0.05, 0) is 13.0 Å². The van der Waals surface area contributed by atoms with E-state index in [1.165, 1.54) is 0 Å². The van der Waals surface area contributed by atoms with E-state index >= 15 is 0 Å². The smallest absolute Gasteiger partial charge is 0.119 e. The Morgan fingerprint density at radius 3 is 2.43 bits per heavy atom. The van der Waals surface area contributed by atoms with Crippen LogP contribution in [0.25, 0.3) is 0 Å². The Kier molecular flexibility index (Phi) is 0.982. The molecule has 7 heavy (non-hydrogen) atoms. The highest BCUT2D eigenvalue weighted by Crippen LogP contribution is 1.87. The minimum Gasteiger partial charge on any atom is -0.304 e. The first kappa shape index (κ1) is 4.59. The monoisotopic (exact) mass is 114 g/mol. The van der Waals surface area contributed by atoms with E-state index in [0.29, 0.717) is 0 Å². The Morgan fingerprint density at radius 1 is 1.57 bits per heavy atom. The molecule has 2 N–H and O–H groups in total. The van der Waals surface area contributed by atoms with Crippen LogP contribution < -0.4 is 0 Å². The molecule has 0 saturated heterocycles. The molecule has 3 heteroatoms. The quantitative estimate of drug-likeness (QED) is 0.490. The van der Waals surface area contributed by atoms with Gasteiger partial charge in [-0.3, -0.25) is 5.10 Å². The summed E-state index contributed by atoms with van der Waals surface area (Å²) < 4.78 is 0.762. The van der Waals surface area contributed by atoms with Crippen molar-refractivity contribution in [2.24, 2.45) is 0 Å². The van der Waals surface area contributed by atoms with Crippen LogP contribution in [0.4, 0.5) is 0 Å². The first-order valence-corrected chi connectivity index (χ1v) is 2.44. The Hall–Kier alpha value is -0.570. The highest BCUT2D eigenvalue weighted by Gasteiger charge is 1.78. The van der Waals surface area contributed by atoms with Gasteiger partial charge in [-0.2, -0.15) is 0 Å². The normalized spacial score (nSPS) is 9.29. The third-order valence-electron chi connectivity index (χ3n) is 0.730. The zero-order valence-corrected chi connectivity index (χ0v) is 4.80. The summed E-state index contributed by atoms with van der Waals surface area (Å²) in [6.45, 7) is 1.95. The number of H-pyrrole nitrogens is 2. The first-order chi connectivity index (χ1) is 3.29. The van der Waals surface area contributed by atoms with E-state index in [4.69, 9.17) is 12.2 Å². The minimum atomic E-state index is 0.762. The Balaban J connectivity index is 3.30. The molecule has 1 aromatic heterocycles. The van der Waals surface area contributed by atoms with Crippen LogP contribution in [-0.4, -0.2) is 10.2 Å². The van der Waals surface area contributed by atoms with Gasteiger partial charge in [0.15, 0.2) is 0 Å². The molecule has 0 aliphatic carbocycles. The van der Waals surface area contributed by atoms with E-state index in [2.05, 4.69) is 10.2 Å². The average molecular weight is 114 g/mol. The molecule has 0 fully saturated rings. The number of nitrogens with one attached hydrogen (secondary N) is 2. The number of hydrogen-bond acceptors (Lipinski definition) is 1. The SMILES string of the molecule is Cc1cc(=S)[nH][nH]1. The van der Waals surface area contributed by atoms with Gasteiger partial charge in [-0.15, -0.1) is 0 Å². The molecule has 0 atom stereocenters. The molecule has 0 bridgehead atoms. The molecule has 0 aliphatic rings. The average Bonchev–Trinajstić information content (AvgIpc) is 1.87. The molecule has 0 radical (unpaired) electrons. The molecular formula is C4H6N2S. The van der Waals surface area contributed by atoms with Crippen molar-refractivity contribution in [3.05, 3.63) is 16.4 Å². The lowest BCUT2D eigenvalue weighted by Crippen LogP contribution is -1.65. The second kappa shape index (κ2) is 1.50. The van der Waals surface area contributed by atoms with E-state index in [1.54, 1.807) is 0 Å². The summed E-state index contributed by atoms with van der Waals surface area (Å²) in [7, 11) is 0. The summed E-state index contributed by atoms with van der Waals surface area (Å²) in [5.41, 5.74) is 1.07. The standard InChI is InChI=1S/C4H6N2S/c1-3-2-4(7)6-5-3/h2H,1H3,(H2,5,6,7). The Bertz CT molecular complexity index is 197. The molecule has 1 heterocycles. The molecular weight excluding hydrogens is 108 g/mol. The van der Waals surface area contributed by atoms with Crippen LogP contribution in [0.2, 0.25) is 0 Å². The number of aromatic nitrogens is 2. The van der Waals surface area contributed by atoms with Gasteiger partial charge in [-0.25, -0.2) is 0 Å². The number of hydrogen-bond donors (Lipinski definition) is 2. The third-order valence-corrected chi connectivity index (χ3v) is 0.950. The Labute approximate surface area is 46.6 Å². The first-order valence-electron chi connectivity index (χ1n) is 2.03. The van der Waals surface area contributed by atoms with Crippen LogP contribution in [0.5, 0.6) is 0 Å². The maximum atomic E-state index is 4.75. The minimum absolute atomic E-state index is 0.762. The van der Waals surface area contributed by atoms with E-state index in [1.807, 2.05) is 13.0 Å². The van der Waals surface area contributed by atoms with Gasteiger partial charge < -0.3 is 5.10 Å². The second-order valence-electron chi connectivity index (χ2n) is 1.44. The molecule has 1 rings (SSSR count). The molecule has 0 aromatic carbocycles. The highest BCUT2D eigenvalue weighted by molar-refractivity contribution is 7.71. The summed E-state index contributed by atoms with van der Waals surface area (Å²) in [6.07, 6.45) is 0.